The van der Waals surface area contributed by atoms with Crippen LogP contribution in [0.3, 0.4) is 0 Å². The zero-order valence-electron chi connectivity index (χ0n) is 10.9. The fourth-order valence-corrected chi connectivity index (χ4v) is 2.43. The molecule has 1 saturated heterocycles. The number of anilines is 2. The van der Waals surface area contributed by atoms with Crippen molar-refractivity contribution in [3.63, 3.8) is 0 Å². The van der Waals surface area contributed by atoms with E-state index in [1.54, 1.807) is 0 Å². The molecule has 1 aliphatic heterocycles. The second-order valence-electron chi connectivity index (χ2n) is 4.92. The maximum Gasteiger partial charge on any atom is 0.401 e. The summed E-state index contributed by atoms with van der Waals surface area (Å²) in [6, 6.07) is 5.64. The summed E-state index contributed by atoms with van der Waals surface area (Å²) in [5, 5.41) is 0. The summed E-state index contributed by atoms with van der Waals surface area (Å²) in [7, 11) is 0. The van der Waals surface area contributed by atoms with Crippen LogP contribution in [-0.4, -0.2) is 43.8 Å². The summed E-state index contributed by atoms with van der Waals surface area (Å²) in [4.78, 5) is 3.56. The van der Waals surface area contributed by atoms with E-state index in [9.17, 15) is 13.2 Å². The van der Waals surface area contributed by atoms with E-state index in [4.69, 9.17) is 5.73 Å². The van der Waals surface area contributed by atoms with Crippen LogP contribution in [0, 0.1) is 6.92 Å². The first kappa shape index (κ1) is 14.0. The lowest BCUT2D eigenvalue weighted by atomic mass is 10.1. The molecule has 1 aromatic carbocycles. The molecule has 2 N–H and O–H groups in total. The summed E-state index contributed by atoms with van der Waals surface area (Å²) in [6.07, 6.45) is -4.11. The van der Waals surface area contributed by atoms with Gasteiger partial charge in [0, 0.05) is 37.6 Å². The minimum absolute atomic E-state index is 0.434. The third kappa shape index (κ3) is 3.76. The van der Waals surface area contributed by atoms with Crippen LogP contribution in [0.4, 0.5) is 24.5 Å². The molecule has 0 unspecified atom stereocenters. The lowest BCUT2D eigenvalue weighted by Crippen LogP contribution is -2.49. The molecule has 0 atom stereocenters. The number of aryl methyl sites for hydroxylation is 1. The van der Waals surface area contributed by atoms with E-state index in [2.05, 4.69) is 4.90 Å². The molecule has 0 bridgehead atoms. The Morgan fingerprint density at radius 3 is 2.32 bits per heavy atom. The van der Waals surface area contributed by atoms with Crippen LogP contribution < -0.4 is 10.6 Å². The molecule has 0 saturated carbocycles. The summed E-state index contributed by atoms with van der Waals surface area (Å²) in [5.41, 5.74) is 8.52. The van der Waals surface area contributed by atoms with Crippen LogP contribution >= 0.6 is 0 Å². The predicted molar refractivity (Wildman–Crippen MR) is 70.3 cm³/mol. The second kappa shape index (κ2) is 5.28. The average molecular weight is 273 g/mol. The average Bonchev–Trinajstić information content (AvgIpc) is 2.28. The molecule has 1 aliphatic rings. The Morgan fingerprint density at radius 2 is 1.79 bits per heavy atom. The van der Waals surface area contributed by atoms with Gasteiger partial charge in [0.05, 0.1) is 6.54 Å². The Bertz CT molecular complexity index is 437. The third-order valence-electron chi connectivity index (χ3n) is 3.34. The number of halogens is 3. The Morgan fingerprint density at radius 1 is 1.16 bits per heavy atom. The second-order valence-corrected chi connectivity index (χ2v) is 4.92. The lowest BCUT2D eigenvalue weighted by Gasteiger charge is -2.37. The molecule has 3 nitrogen and oxygen atoms in total. The summed E-state index contributed by atoms with van der Waals surface area (Å²) in [5.74, 6) is 0. The van der Waals surface area contributed by atoms with E-state index >= 15 is 0 Å². The molecular formula is C13H18F3N3. The number of nitrogen functional groups attached to an aromatic ring is 1. The van der Waals surface area contributed by atoms with Crippen molar-refractivity contribution in [3.05, 3.63) is 23.8 Å². The van der Waals surface area contributed by atoms with Gasteiger partial charge in [-0.05, 0) is 30.7 Å². The minimum Gasteiger partial charge on any atom is -0.399 e. The molecule has 19 heavy (non-hydrogen) atoms. The van der Waals surface area contributed by atoms with Gasteiger partial charge < -0.3 is 10.6 Å². The van der Waals surface area contributed by atoms with Crippen LogP contribution in [-0.2, 0) is 0 Å². The van der Waals surface area contributed by atoms with Crippen molar-refractivity contribution < 1.29 is 13.2 Å². The van der Waals surface area contributed by atoms with E-state index < -0.39 is 12.7 Å². The topological polar surface area (TPSA) is 32.5 Å². The summed E-state index contributed by atoms with van der Waals surface area (Å²) >= 11 is 0. The lowest BCUT2D eigenvalue weighted by molar-refractivity contribution is -0.146. The smallest absolute Gasteiger partial charge is 0.399 e. The normalized spacial score (nSPS) is 17.8. The molecule has 1 heterocycles. The van der Waals surface area contributed by atoms with E-state index in [-0.39, 0.29) is 0 Å². The first-order valence-electron chi connectivity index (χ1n) is 6.25. The number of piperazine rings is 1. The minimum atomic E-state index is -4.11. The highest BCUT2D eigenvalue weighted by Crippen LogP contribution is 2.24. The Balaban J connectivity index is 1.96. The molecule has 6 heteroatoms. The summed E-state index contributed by atoms with van der Waals surface area (Å²) < 4.78 is 36.9. The van der Waals surface area contributed by atoms with Gasteiger partial charge in [0.15, 0.2) is 0 Å². The monoisotopic (exact) mass is 273 g/mol. The number of benzene rings is 1. The van der Waals surface area contributed by atoms with Gasteiger partial charge in [-0.3, -0.25) is 4.90 Å². The fraction of sp³-hybridized carbons (Fsp3) is 0.538. The Hall–Kier alpha value is -1.43. The zero-order valence-corrected chi connectivity index (χ0v) is 10.9. The Kier molecular flexibility index (Phi) is 3.89. The molecular weight excluding hydrogens is 255 g/mol. The van der Waals surface area contributed by atoms with Gasteiger partial charge in [0.1, 0.15) is 0 Å². The molecule has 0 amide bonds. The number of alkyl halides is 3. The van der Waals surface area contributed by atoms with Gasteiger partial charge in [-0.25, -0.2) is 0 Å². The van der Waals surface area contributed by atoms with Crippen molar-refractivity contribution in [3.8, 4) is 0 Å². The molecule has 0 aromatic heterocycles. The standard InChI is InChI=1S/C13H18F3N3/c1-10-8-11(17)2-3-12(10)19-6-4-18(5-7-19)9-13(14,15)16/h2-3,8H,4-7,9,17H2,1H3. The fourth-order valence-electron chi connectivity index (χ4n) is 2.43. The molecule has 0 spiro atoms. The van der Waals surface area contributed by atoms with Gasteiger partial charge in [-0.15, -0.1) is 0 Å². The number of rotatable bonds is 2. The van der Waals surface area contributed by atoms with Crippen LogP contribution in [0.15, 0.2) is 18.2 Å². The van der Waals surface area contributed by atoms with E-state index in [0.717, 1.165) is 11.3 Å². The molecule has 1 fully saturated rings. The van der Waals surface area contributed by atoms with E-state index in [0.29, 0.717) is 31.9 Å². The molecule has 0 radical (unpaired) electrons. The highest BCUT2D eigenvalue weighted by Gasteiger charge is 2.32. The molecule has 106 valence electrons. The molecule has 1 aromatic rings. The SMILES string of the molecule is Cc1cc(N)ccc1N1CCN(CC(F)(F)F)CC1. The maximum atomic E-state index is 12.3. The number of nitrogens with two attached hydrogens (primary N) is 1. The van der Waals surface area contributed by atoms with Crippen molar-refractivity contribution in [1.82, 2.24) is 4.90 Å². The number of nitrogens with zero attached hydrogens (tertiary/aromatic N) is 2. The van der Waals surface area contributed by atoms with Crippen molar-refractivity contribution in [2.24, 2.45) is 0 Å². The number of hydrogen-bond acceptors (Lipinski definition) is 3. The zero-order chi connectivity index (χ0) is 14.0. The highest BCUT2D eigenvalue weighted by molar-refractivity contribution is 5.59. The summed E-state index contributed by atoms with van der Waals surface area (Å²) in [6.45, 7) is 3.24. The van der Waals surface area contributed by atoms with Gasteiger partial charge in [-0.2, -0.15) is 13.2 Å². The van der Waals surface area contributed by atoms with Gasteiger partial charge in [0.2, 0.25) is 0 Å². The van der Waals surface area contributed by atoms with Gasteiger partial charge in [0.25, 0.3) is 0 Å². The van der Waals surface area contributed by atoms with Crippen molar-refractivity contribution in [2.75, 3.05) is 43.4 Å². The maximum absolute atomic E-state index is 12.3. The van der Waals surface area contributed by atoms with Crippen molar-refractivity contribution in [1.29, 1.82) is 0 Å². The van der Waals surface area contributed by atoms with E-state index in [1.807, 2.05) is 25.1 Å². The Labute approximate surface area is 110 Å². The van der Waals surface area contributed by atoms with Gasteiger partial charge >= 0.3 is 6.18 Å². The molecule has 2 rings (SSSR count). The van der Waals surface area contributed by atoms with Crippen molar-refractivity contribution in [2.45, 2.75) is 13.1 Å². The third-order valence-corrected chi connectivity index (χ3v) is 3.34. The first-order valence-corrected chi connectivity index (χ1v) is 6.25. The first-order chi connectivity index (χ1) is 8.85. The van der Waals surface area contributed by atoms with Crippen LogP contribution in [0.5, 0.6) is 0 Å². The van der Waals surface area contributed by atoms with Crippen molar-refractivity contribution >= 4 is 11.4 Å². The molecule has 0 aliphatic carbocycles. The highest BCUT2D eigenvalue weighted by atomic mass is 19.4. The van der Waals surface area contributed by atoms with Gasteiger partial charge in [-0.1, -0.05) is 0 Å². The van der Waals surface area contributed by atoms with Crippen LogP contribution in [0.25, 0.3) is 0 Å². The predicted octanol–water partition coefficient (Wildman–Crippen LogP) is 2.26. The van der Waals surface area contributed by atoms with Crippen LogP contribution in [0.1, 0.15) is 5.56 Å². The largest absolute Gasteiger partial charge is 0.401 e. The quantitative estimate of drug-likeness (QED) is 0.839. The van der Waals surface area contributed by atoms with E-state index in [1.165, 1.54) is 4.90 Å². The number of hydrogen-bond donors (Lipinski definition) is 1. The van der Waals surface area contributed by atoms with Crippen LogP contribution in [0.2, 0.25) is 0 Å².